The molecular formula is C11H21N3O3S. The van der Waals surface area contributed by atoms with Crippen molar-refractivity contribution in [1.82, 2.24) is 5.01 Å². The molecule has 1 rings (SSSR count). The third-order valence-electron chi connectivity index (χ3n) is 2.84. The highest BCUT2D eigenvalue weighted by molar-refractivity contribution is 7.90. The van der Waals surface area contributed by atoms with E-state index in [-0.39, 0.29) is 24.1 Å². The van der Waals surface area contributed by atoms with Crippen LogP contribution in [0.5, 0.6) is 0 Å². The molecule has 1 atom stereocenters. The van der Waals surface area contributed by atoms with Gasteiger partial charge in [-0.2, -0.15) is 5.10 Å². The van der Waals surface area contributed by atoms with Crippen LogP contribution in [0.3, 0.4) is 0 Å². The number of sulfone groups is 1. The van der Waals surface area contributed by atoms with Crippen molar-refractivity contribution in [3.63, 3.8) is 0 Å². The number of nitrogens with zero attached hydrogens (tertiary/aromatic N) is 2. The van der Waals surface area contributed by atoms with Crippen molar-refractivity contribution in [2.24, 2.45) is 16.8 Å². The molecule has 0 bridgehead atoms. The lowest BCUT2D eigenvalue weighted by atomic mass is 9.96. The number of amides is 1. The maximum atomic E-state index is 12.1. The third-order valence-corrected chi connectivity index (χ3v) is 3.76. The van der Waals surface area contributed by atoms with Crippen molar-refractivity contribution >= 4 is 21.5 Å². The van der Waals surface area contributed by atoms with Crippen LogP contribution in [0.25, 0.3) is 0 Å². The predicted octanol–water partition coefficient (Wildman–Crippen LogP) is -0.00570. The zero-order chi connectivity index (χ0) is 13.8. The summed E-state index contributed by atoms with van der Waals surface area (Å²) in [5, 5.41) is 5.53. The van der Waals surface area contributed by atoms with Gasteiger partial charge in [0.2, 0.25) is 0 Å². The first-order valence-corrected chi connectivity index (χ1v) is 8.21. The molecule has 0 aromatic rings. The second kappa shape index (κ2) is 6.29. The highest BCUT2D eigenvalue weighted by atomic mass is 32.2. The summed E-state index contributed by atoms with van der Waals surface area (Å²) in [7, 11) is -3.08. The molecule has 1 aliphatic rings. The fourth-order valence-electron chi connectivity index (χ4n) is 1.95. The smallest absolute Gasteiger partial charge is 0.251 e. The van der Waals surface area contributed by atoms with Gasteiger partial charge in [0.25, 0.3) is 5.91 Å². The first kappa shape index (κ1) is 15.1. The zero-order valence-electron chi connectivity index (χ0n) is 10.9. The Morgan fingerprint density at radius 2 is 2.11 bits per heavy atom. The van der Waals surface area contributed by atoms with E-state index < -0.39 is 9.84 Å². The minimum absolute atomic E-state index is 0.0585. The molecule has 0 fully saturated rings. The Morgan fingerprint density at radius 1 is 1.44 bits per heavy atom. The lowest BCUT2D eigenvalue weighted by Crippen LogP contribution is -2.32. The summed E-state index contributed by atoms with van der Waals surface area (Å²) in [5.74, 6) is -0.432. The Balaban J connectivity index is 2.73. The normalized spacial score (nSPS) is 20.4. The van der Waals surface area contributed by atoms with Crippen LogP contribution in [0.1, 0.15) is 26.2 Å². The van der Waals surface area contributed by atoms with Crippen molar-refractivity contribution in [3.8, 4) is 0 Å². The number of carbonyl (C=O) groups is 1. The molecule has 1 heterocycles. The molecule has 0 aromatic carbocycles. The van der Waals surface area contributed by atoms with E-state index in [4.69, 9.17) is 5.73 Å². The van der Waals surface area contributed by atoms with Gasteiger partial charge in [-0.1, -0.05) is 13.3 Å². The topological polar surface area (TPSA) is 92.8 Å². The Morgan fingerprint density at radius 3 is 2.61 bits per heavy atom. The monoisotopic (exact) mass is 275 g/mol. The average molecular weight is 275 g/mol. The van der Waals surface area contributed by atoms with Crippen molar-refractivity contribution in [2.75, 3.05) is 25.1 Å². The van der Waals surface area contributed by atoms with Gasteiger partial charge in [0, 0.05) is 6.26 Å². The van der Waals surface area contributed by atoms with Gasteiger partial charge in [0.15, 0.2) is 0 Å². The van der Waals surface area contributed by atoms with Crippen LogP contribution in [-0.4, -0.2) is 50.1 Å². The van der Waals surface area contributed by atoms with E-state index in [0.29, 0.717) is 13.0 Å². The highest BCUT2D eigenvalue weighted by Crippen LogP contribution is 2.21. The molecule has 1 aliphatic heterocycles. The van der Waals surface area contributed by atoms with Gasteiger partial charge in [0.1, 0.15) is 9.84 Å². The van der Waals surface area contributed by atoms with Gasteiger partial charge in [0.05, 0.1) is 23.9 Å². The number of carbonyl (C=O) groups excluding carboxylic acids is 1. The lowest BCUT2D eigenvalue weighted by Gasteiger charge is -2.13. The molecule has 1 amide bonds. The molecule has 0 aliphatic carbocycles. The fraction of sp³-hybridized carbons (Fsp3) is 0.818. The molecule has 18 heavy (non-hydrogen) atoms. The molecule has 6 nitrogen and oxygen atoms in total. The number of hydrogen-bond acceptors (Lipinski definition) is 5. The van der Waals surface area contributed by atoms with E-state index in [1.165, 1.54) is 5.01 Å². The molecule has 104 valence electrons. The number of nitrogens with two attached hydrogens (primary N) is 1. The maximum absolute atomic E-state index is 12.1. The van der Waals surface area contributed by atoms with Gasteiger partial charge < -0.3 is 5.73 Å². The van der Waals surface area contributed by atoms with Gasteiger partial charge in [-0.3, -0.25) is 4.79 Å². The molecule has 7 heteroatoms. The Kier molecular flexibility index (Phi) is 5.28. The van der Waals surface area contributed by atoms with E-state index in [9.17, 15) is 13.2 Å². The molecule has 0 saturated carbocycles. The summed E-state index contributed by atoms with van der Waals surface area (Å²) >= 11 is 0. The Bertz CT molecular complexity index is 431. The van der Waals surface area contributed by atoms with Crippen molar-refractivity contribution in [1.29, 1.82) is 0 Å². The van der Waals surface area contributed by atoms with Crippen LogP contribution in [0.15, 0.2) is 5.10 Å². The standard InChI is InChI=1S/C11H21N3O3S/c1-3-4-10-9(5-6-12)11(15)14(13-10)7-8-18(2,16)17/h9H,3-8,12H2,1-2H3. The predicted molar refractivity (Wildman–Crippen MR) is 70.9 cm³/mol. The van der Waals surface area contributed by atoms with Gasteiger partial charge in [-0.25, -0.2) is 13.4 Å². The summed E-state index contributed by atoms with van der Waals surface area (Å²) in [6.07, 6.45) is 3.40. The van der Waals surface area contributed by atoms with E-state index >= 15 is 0 Å². The zero-order valence-corrected chi connectivity index (χ0v) is 11.7. The SMILES string of the molecule is CCCC1=NN(CCS(C)(=O)=O)C(=O)C1CCN. The van der Waals surface area contributed by atoms with Gasteiger partial charge in [-0.05, 0) is 19.4 Å². The first-order valence-electron chi connectivity index (χ1n) is 6.15. The van der Waals surface area contributed by atoms with Crippen LogP contribution in [0.4, 0.5) is 0 Å². The van der Waals surface area contributed by atoms with E-state index in [2.05, 4.69) is 5.10 Å². The Labute approximate surface area is 108 Å². The van der Waals surface area contributed by atoms with Crippen LogP contribution >= 0.6 is 0 Å². The van der Waals surface area contributed by atoms with Gasteiger partial charge in [-0.15, -0.1) is 0 Å². The summed E-state index contributed by atoms with van der Waals surface area (Å²) in [5.41, 5.74) is 6.33. The van der Waals surface area contributed by atoms with Crippen molar-refractivity contribution < 1.29 is 13.2 Å². The van der Waals surface area contributed by atoms with Crippen LogP contribution in [0, 0.1) is 5.92 Å². The number of hydrogen-bond donors (Lipinski definition) is 1. The van der Waals surface area contributed by atoms with E-state index in [1.807, 2.05) is 6.92 Å². The van der Waals surface area contributed by atoms with Crippen LogP contribution in [-0.2, 0) is 14.6 Å². The summed E-state index contributed by atoms with van der Waals surface area (Å²) in [4.78, 5) is 12.1. The average Bonchev–Trinajstić information content (AvgIpc) is 2.55. The maximum Gasteiger partial charge on any atom is 0.251 e. The molecule has 0 aromatic heterocycles. The summed E-state index contributed by atoms with van der Waals surface area (Å²) < 4.78 is 22.2. The number of rotatable bonds is 7. The summed E-state index contributed by atoms with van der Waals surface area (Å²) in [6, 6.07) is 0. The lowest BCUT2D eigenvalue weighted by molar-refractivity contribution is -0.131. The molecule has 2 N–H and O–H groups in total. The molecule has 0 saturated heterocycles. The first-order chi connectivity index (χ1) is 8.39. The van der Waals surface area contributed by atoms with Crippen molar-refractivity contribution in [3.05, 3.63) is 0 Å². The van der Waals surface area contributed by atoms with Crippen LogP contribution in [0.2, 0.25) is 0 Å². The van der Waals surface area contributed by atoms with E-state index in [1.54, 1.807) is 0 Å². The number of hydrazone groups is 1. The van der Waals surface area contributed by atoms with Crippen LogP contribution < -0.4 is 5.73 Å². The minimum Gasteiger partial charge on any atom is -0.330 e. The highest BCUT2D eigenvalue weighted by Gasteiger charge is 2.34. The second-order valence-electron chi connectivity index (χ2n) is 4.56. The van der Waals surface area contributed by atoms with Crippen molar-refractivity contribution in [2.45, 2.75) is 26.2 Å². The molecule has 1 unspecified atom stereocenters. The second-order valence-corrected chi connectivity index (χ2v) is 6.82. The molecule has 0 radical (unpaired) electrons. The fourth-order valence-corrected chi connectivity index (χ4v) is 2.45. The molecule has 0 spiro atoms. The Hall–Kier alpha value is -0.950. The quantitative estimate of drug-likeness (QED) is 0.707. The largest absolute Gasteiger partial charge is 0.330 e. The third kappa shape index (κ3) is 4.06. The minimum atomic E-state index is -3.08. The van der Waals surface area contributed by atoms with Gasteiger partial charge >= 0.3 is 0 Å². The summed E-state index contributed by atoms with van der Waals surface area (Å²) in [6.45, 7) is 2.58. The molecular weight excluding hydrogens is 254 g/mol. The van der Waals surface area contributed by atoms with E-state index in [0.717, 1.165) is 24.8 Å².